The van der Waals surface area contributed by atoms with E-state index in [0.29, 0.717) is 17.1 Å². The van der Waals surface area contributed by atoms with Crippen LogP contribution in [-0.2, 0) is 4.57 Å². The average Bonchev–Trinajstić information content (AvgIpc) is 2.91. The van der Waals surface area contributed by atoms with E-state index in [9.17, 15) is 9.46 Å². The van der Waals surface area contributed by atoms with Gasteiger partial charge >= 0.3 is 8.03 Å². The minimum absolute atomic E-state index is 0.254. The Labute approximate surface area is 236 Å². The molecule has 4 aromatic rings. The van der Waals surface area contributed by atoms with E-state index in [1.54, 1.807) is 0 Å². The van der Waals surface area contributed by atoms with Crippen LogP contribution in [0.4, 0.5) is 0 Å². The molecule has 1 unspecified atom stereocenters. The summed E-state index contributed by atoms with van der Waals surface area (Å²) < 4.78 is 13.0. The summed E-state index contributed by atoms with van der Waals surface area (Å²) in [4.78, 5) is 10.7. The monoisotopic (exact) mass is 537 g/mol. The van der Waals surface area contributed by atoms with Crippen LogP contribution < -0.4 is 5.30 Å². The smallest absolute Gasteiger partial charge is 0.156 e. The third-order valence-electron chi connectivity index (χ3n) is 7.74. The Morgan fingerprint density at radius 1 is 0.538 bits per heavy atom. The topological polar surface area (TPSA) is 37.3 Å². The molecule has 0 spiro atoms. The highest BCUT2D eigenvalue weighted by Crippen LogP contribution is 2.46. The molecule has 0 saturated carbocycles. The van der Waals surface area contributed by atoms with Crippen LogP contribution in [0.1, 0.15) is 101 Å². The molecule has 0 bridgehead atoms. The van der Waals surface area contributed by atoms with Crippen molar-refractivity contribution in [2.24, 2.45) is 0 Å². The number of hydrogen-bond acceptors (Lipinski definition) is 1. The maximum Gasteiger partial charge on any atom is 0.546 e. The van der Waals surface area contributed by atoms with Gasteiger partial charge in [0, 0.05) is 11.1 Å². The Kier molecular flexibility index (Phi) is 8.90. The lowest BCUT2D eigenvalue weighted by Gasteiger charge is -2.24. The molecule has 2 nitrogen and oxygen atoms in total. The van der Waals surface area contributed by atoms with Gasteiger partial charge in [-0.3, -0.25) is 0 Å². The lowest BCUT2D eigenvalue weighted by Crippen LogP contribution is -2.09. The zero-order chi connectivity index (χ0) is 28.4. The lowest BCUT2D eigenvalue weighted by atomic mass is 9.80. The highest BCUT2D eigenvalue weighted by molar-refractivity contribution is 7.47. The van der Waals surface area contributed by atoms with Crippen molar-refractivity contribution in [2.75, 3.05) is 0 Å². The lowest BCUT2D eigenvalue weighted by molar-refractivity contribution is 0.513. The fraction of sp³-hybridized carbons (Fsp3) is 0.333. The molecule has 1 N–H and O–H groups in total. The first-order valence-electron chi connectivity index (χ1n) is 14.2. The van der Waals surface area contributed by atoms with Crippen LogP contribution in [0.15, 0.2) is 78.9 Å². The second-order valence-electron chi connectivity index (χ2n) is 11.8. The summed E-state index contributed by atoms with van der Waals surface area (Å²) in [6.45, 7) is 17.8. The minimum Gasteiger partial charge on any atom is -0.156 e. The second-order valence-corrected chi connectivity index (χ2v) is 12.9. The van der Waals surface area contributed by atoms with Crippen molar-refractivity contribution in [3.05, 3.63) is 101 Å². The number of hydrogen-bond donors (Lipinski definition) is 1. The first-order valence-corrected chi connectivity index (χ1v) is 15.4. The quantitative estimate of drug-likeness (QED) is 0.227. The maximum absolute atomic E-state index is 13.0. The van der Waals surface area contributed by atoms with Crippen molar-refractivity contribution in [2.45, 2.75) is 79.1 Å². The van der Waals surface area contributed by atoms with Crippen molar-refractivity contribution in [1.82, 2.24) is 0 Å². The van der Waals surface area contributed by atoms with Gasteiger partial charge in [-0.2, -0.15) is 4.89 Å². The summed E-state index contributed by atoms with van der Waals surface area (Å²) in [5.74, 6) is 1.36. The van der Waals surface area contributed by atoms with Gasteiger partial charge in [0.2, 0.25) is 5.30 Å². The van der Waals surface area contributed by atoms with Crippen LogP contribution in [-0.4, -0.2) is 4.89 Å². The molecule has 202 valence electrons. The van der Waals surface area contributed by atoms with E-state index < -0.39 is 8.03 Å². The third kappa shape index (κ3) is 5.93. The summed E-state index contributed by atoms with van der Waals surface area (Å²) in [5, 5.41) is 0.488. The minimum atomic E-state index is -2.57. The zero-order valence-electron chi connectivity index (χ0n) is 24.6. The first kappa shape index (κ1) is 28.9. The van der Waals surface area contributed by atoms with Gasteiger partial charge in [0.05, 0.1) is 0 Å². The van der Waals surface area contributed by atoms with Crippen LogP contribution in [0.5, 0.6) is 0 Å². The maximum atomic E-state index is 13.0. The number of rotatable bonds is 8. The Balaban J connectivity index is 2.22. The molecule has 4 rings (SSSR count). The molecule has 4 aromatic carbocycles. The Bertz CT molecular complexity index is 1480. The molecule has 0 aliphatic rings. The molecular weight excluding hydrogens is 495 g/mol. The summed E-state index contributed by atoms with van der Waals surface area (Å²) in [6.07, 6.45) is 0. The van der Waals surface area contributed by atoms with Crippen LogP contribution >= 0.6 is 8.03 Å². The van der Waals surface area contributed by atoms with Crippen LogP contribution in [0, 0.1) is 0 Å². The molecular formula is C36H42O2P+. The standard InChI is InChI=1S/C36H41O2P/c1-22(2)27-14-16-30(32(20-27)24(5)6)35-29(26-12-10-9-11-13-26)18-19-34(39(37)38)36(35)31-17-15-28(23(3)4)21-33(31)25(7)8/h9-25H,1-8H3/p+1. The molecule has 1 atom stereocenters. The molecule has 0 radical (unpaired) electrons. The molecule has 39 heavy (non-hydrogen) atoms. The average molecular weight is 538 g/mol. The van der Waals surface area contributed by atoms with Gasteiger partial charge in [-0.15, -0.1) is 0 Å². The molecule has 0 aliphatic heterocycles. The SMILES string of the molecule is CC(C)c1ccc(-c2c(-c3ccccc3)ccc([P+](=O)O)c2-c2ccc(C(C)C)cc2C(C)C)c(C(C)C)c1. The van der Waals surface area contributed by atoms with E-state index in [2.05, 4.69) is 116 Å². The number of benzene rings is 4. The predicted octanol–water partition coefficient (Wildman–Crippen LogP) is 10.5. The second kappa shape index (κ2) is 12.0. The van der Waals surface area contributed by atoms with Crippen LogP contribution in [0.3, 0.4) is 0 Å². The van der Waals surface area contributed by atoms with Gasteiger partial charge in [-0.25, -0.2) is 0 Å². The van der Waals surface area contributed by atoms with Gasteiger partial charge in [-0.1, -0.05) is 122 Å². The van der Waals surface area contributed by atoms with E-state index in [1.165, 1.54) is 22.3 Å². The zero-order valence-corrected chi connectivity index (χ0v) is 25.5. The Morgan fingerprint density at radius 2 is 1.00 bits per heavy atom. The van der Waals surface area contributed by atoms with Crippen molar-refractivity contribution in [3.8, 4) is 33.4 Å². The normalized spacial score (nSPS) is 12.2. The molecule has 0 fully saturated rings. The Morgan fingerprint density at radius 3 is 1.44 bits per heavy atom. The molecule has 0 amide bonds. The predicted molar refractivity (Wildman–Crippen MR) is 169 cm³/mol. The van der Waals surface area contributed by atoms with Crippen LogP contribution in [0.25, 0.3) is 33.4 Å². The van der Waals surface area contributed by atoms with E-state index in [-0.39, 0.29) is 11.8 Å². The van der Waals surface area contributed by atoms with E-state index >= 15 is 0 Å². The summed E-state index contributed by atoms with van der Waals surface area (Å²) in [5.41, 5.74) is 11.3. The molecule has 0 aliphatic carbocycles. The van der Waals surface area contributed by atoms with E-state index in [4.69, 9.17) is 0 Å². The van der Waals surface area contributed by atoms with E-state index in [0.717, 1.165) is 33.4 Å². The van der Waals surface area contributed by atoms with Crippen molar-refractivity contribution in [3.63, 3.8) is 0 Å². The summed E-state index contributed by atoms with van der Waals surface area (Å²) >= 11 is 0. The van der Waals surface area contributed by atoms with Crippen LogP contribution in [0.2, 0.25) is 0 Å². The van der Waals surface area contributed by atoms with Crippen molar-refractivity contribution >= 4 is 13.3 Å². The summed E-state index contributed by atoms with van der Waals surface area (Å²) in [6, 6.07) is 27.7. The third-order valence-corrected chi connectivity index (χ3v) is 8.53. The molecule has 0 saturated heterocycles. The highest BCUT2D eigenvalue weighted by Gasteiger charge is 2.31. The van der Waals surface area contributed by atoms with Crippen molar-refractivity contribution in [1.29, 1.82) is 0 Å². The van der Waals surface area contributed by atoms with Gasteiger partial charge < -0.3 is 0 Å². The molecule has 0 heterocycles. The largest absolute Gasteiger partial charge is 0.546 e. The fourth-order valence-corrected chi connectivity index (χ4v) is 6.08. The van der Waals surface area contributed by atoms with Gasteiger partial charge in [0.15, 0.2) is 0 Å². The van der Waals surface area contributed by atoms with Gasteiger partial charge in [-0.05, 0) is 84.9 Å². The first-order chi connectivity index (χ1) is 18.5. The van der Waals surface area contributed by atoms with Gasteiger partial charge in [0.1, 0.15) is 0 Å². The highest BCUT2D eigenvalue weighted by atomic mass is 31.1. The fourth-order valence-electron chi connectivity index (χ4n) is 5.45. The molecule has 0 aromatic heterocycles. The summed E-state index contributed by atoms with van der Waals surface area (Å²) in [7, 11) is -2.57. The molecule has 3 heteroatoms. The van der Waals surface area contributed by atoms with Crippen molar-refractivity contribution < 1.29 is 9.46 Å². The Hall–Kier alpha value is -3.06. The van der Waals surface area contributed by atoms with E-state index in [1.807, 2.05) is 18.2 Å². The van der Waals surface area contributed by atoms with Gasteiger partial charge in [0.25, 0.3) is 0 Å².